The molecule has 0 aliphatic carbocycles. The van der Waals surface area contributed by atoms with E-state index in [1.54, 1.807) is 19.2 Å². The maximum Gasteiger partial charge on any atom is 0.264 e. The van der Waals surface area contributed by atoms with E-state index < -0.39 is 6.43 Å². The Balaban J connectivity index is 1.68. The minimum atomic E-state index is -2.49. The Morgan fingerprint density at radius 1 is 1.03 bits per heavy atom. The van der Waals surface area contributed by atoms with Gasteiger partial charge in [0.25, 0.3) is 6.43 Å². The largest absolute Gasteiger partial charge is 0.363 e. The van der Waals surface area contributed by atoms with Gasteiger partial charge in [0.1, 0.15) is 17.5 Å². The highest BCUT2D eigenvalue weighted by atomic mass is 19.3. The highest BCUT2D eigenvalue weighted by Gasteiger charge is 2.19. The van der Waals surface area contributed by atoms with E-state index >= 15 is 0 Å². The molecule has 3 heterocycles. The molecule has 1 aliphatic heterocycles. The highest BCUT2D eigenvalue weighted by Crippen LogP contribution is 2.31. The van der Waals surface area contributed by atoms with Crippen molar-refractivity contribution in [1.29, 1.82) is 0 Å². The van der Waals surface area contributed by atoms with Crippen molar-refractivity contribution >= 4 is 22.5 Å². The number of piperazine rings is 1. The molecule has 0 unspecified atom stereocenters. The Morgan fingerprint density at radius 3 is 2.45 bits per heavy atom. The van der Waals surface area contributed by atoms with Gasteiger partial charge in [-0.25, -0.2) is 23.7 Å². The fraction of sp³-hybridized carbons (Fsp3) is 0.435. The van der Waals surface area contributed by atoms with Crippen LogP contribution in [0.5, 0.6) is 0 Å². The van der Waals surface area contributed by atoms with Gasteiger partial charge in [-0.15, -0.1) is 0 Å². The lowest BCUT2D eigenvalue weighted by Gasteiger charge is -2.33. The molecule has 1 atom stereocenters. The Kier molecular flexibility index (Phi) is 6.00. The zero-order valence-corrected chi connectivity index (χ0v) is 18.4. The molecule has 0 bridgehead atoms. The number of fused-ring (bicyclic) bond motifs is 1. The van der Waals surface area contributed by atoms with Crippen LogP contribution in [-0.4, -0.2) is 53.1 Å². The number of hydrogen-bond donors (Lipinski definition) is 1. The molecule has 6 nitrogen and oxygen atoms in total. The van der Waals surface area contributed by atoms with Crippen LogP contribution in [0.4, 0.5) is 20.4 Å². The van der Waals surface area contributed by atoms with Crippen LogP contribution in [-0.2, 0) is 0 Å². The van der Waals surface area contributed by atoms with Gasteiger partial charge in [0.15, 0.2) is 0 Å². The average Bonchev–Trinajstić information content (AvgIpc) is 2.74. The summed E-state index contributed by atoms with van der Waals surface area (Å²) in [7, 11) is 2.12. The van der Waals surface area contributed by atoms with E-state index in [0.29, 0.717) is 17.2 Å². The van der Waals surface area contributed by atoms with Crippen LogP contribution < -0.4 is 10.2 Å². The highest BCUT2D eigenvalue weighted by molar-refractivity contribution is 5.90. The van der Waals surface area contributed by atoms with Crippen molar-refractivity contribution in [2.45, 2.75) is 33.2 Å². The summed E-state index contributed by atoms with van der Waals surface area (Å²) < 4.78 is 26.7. The van der Waals surface area contributed by atoms with Gasteiger partial charge in [-0.1, -0.05) is 18.2 Å². The van der Waals surface area contributed by atoms with Gasteiger partial charge in [0.05, 0.1) is 17.8 Å². The van der Waals surface area contributed by atoms with Gasteiger partial charge >= 0.3 is 0 Å². The third kappa shape index (κ3) is 4.44. The number of alkyl halides is 2. The number of benzene rings is 1. The molecular formula is C23H28F2N6. The smallest absolute Gasteiger partial charge is 0.264 e. The SMILES string of the molecule is Cc1nc(N[C@H](C)c2cccc(C(F)F)c2C)c2cc(N3CCN(C)CC3)ncc2n1. The third-order valence-corrected chi connectivity index (χ3v) is 5.98. The topological polar surface area (TPSA) is 57.2 Å². The van der Waals surface area contributed by atoms with Gasteiger partial charge in [0, 0.05) is 37.1 Å². The molecule has 8 heteroatoms. The summed E-state index contributed by atoms with van der Waals surface area (Å²) in [5.41, 5.74) is 2.26. The molecule has 1 N–H and O–H groups in total. The van der Waals surface area contributed by atoms with E-state index in [0.717, 1.165) is 48.5 Å². The monoisotopic (exact) mass is 426 g/mol. The van der Waals surface area contributed by atoms with Crippen molar-refractivity contribution < 1.29 is 8.78 Å². The first-order valence-electron chi connectivity index (χ1n) is 10.6. The van der Waals surface area contributed by atoms with Gasteiger partial charge in [0.2, 0.25) is 0 Å². The maximum atomic E-state index is 13.3. The minimum Gasteiger partial charge on any atom is -0.363 e. The number of pyridine rings is 1. The lowest BCUT2D eigenvalue weighted by atomic mass is 9.97. The van der Waals surface area contributed by atoms with E-state index in [-0.39, 0.29) is 11.6 Å². The predicted molar refractivity (Wildman–Crippen MR) is 120 cm³/mol. The van der Waals surface area contributed by atoms with Crippen LogP contribution in [0, 0.1) is 13.8 Å². The van der Waals surface area contributed by atoms with E-state index in [1.165, 1.54) is 6.07 Å². The summed E-state index contributed by atoms with van der Waals surface area (Å²) in [5.74, 6) is 2.23. The van der Waals surface area contributed by atoms with E-state index in [9.17, 15) is 8.78 Å². The number of anilines is 2. The second kappa shape index (κ2) is 8.70. The molecule has 1 aromatic carbocycles. The lowest BCUT2D eigenvalue weighted by Crippen LogP contribution is -2.44. The normalized spacial score (nSPS) is 16.2. The number of halogens is 2. The van der Waals surface area contributed by atoms with Crippen LogP contribution in [0.15, 0.2) is 30.5 Å². The zero-order valence-electron chi connectivity index (χ0n) is 18.4. The van der Waals surface area contributed by atoms with Crippen molar-refractivity contribution in [3.63, 3.8) is 0 Å². The van der Waals surface area contributed by atoms with Crippen molar-refractivity contribution in [2.75, 3.05) is 43.4 Å². The van der Waals surface area contributed by atoms with E-state index in [2.05, 4.69) is 37.1 Å². The summed E-state index contributed by atoms with van der Waals surface area (Å²) in [6.45, 7) is 9.36. The Bertz CT molecular complexity index is 1080. The number of likely N-dealkylation sites (N-methyl/N-ethyl adjacent to an activating group) is 1. The second-order valence-electron chi connectivity index (χ2n) is 8.20. The molecule has 0 saturated carbocycles. The van der Waals surface area contributed by atoms with E-state index in [4.69, 9.17) is 0 Å². The number of rotatable bonds is 5. The number of nitrogens with zero attached hydrogens (tertiary/aromatic N) is 5. The van der Waals surface area contributed by atoms with Gasteiger partial charge < -0.3 is 15.1 Å². The van der Waals surface area contributed by atoms with Crippen molar-refractivity contribution in [2.24, 2.45) is 0 Å². The van der Waals surface area contributed by atoms with Crippen LogP contribution >= 0.6 is 0 Å². The second-order valence-corrected chi connectivity index (χ2v) is 8.20. The molecule has 0 spiro atoms. The van der Waals surface area contributed by atoms with Crippen molar-refractivity contribution in [3.05, 3.63) is 53.0 Å². The molecular weight excluding hydrogens is 398 g/mol. The van der Waals surface area contributed by atoms with Crippen LogP contribution in [0.1, 0.15) is 41.9 Å². The first-order chi connectivity index (χ1) is 14.8. The molecule has 164 valence electrons. The first kappa shape index (κ1) is 21.4. The summed E-state index contributed by atoms with van der Waals surface area (Å²) in [6, 6.07) is 6.87. The molecule has 0 amide bonds. The van der Waals surface area contributed by atoms with Crippen molar-refractivity contribution in [3.8, 4) is 0 Å². The number of aryl methyl sites for hydroxylation is 1. The van der Waals surface area contributed by atoms with Gasteiger partial charge in [-0.05, 0) is 45.0 Å². The number of nitrogens with one attached hydrogen (secondary N) is 1. The fourth-order valence-electron chi connectivity index (χ4n) is 4.12. The molecule has 1 saturated heterocycles. The molecule has 1 fully saturated rings. The van der Waals surface area contributed by atoms with Gasteiger partial charge in [-0.2, -0.15) is 0 Å². The average molecular weight is 427 g/mol. The van der Waals surface area contributed by atoms with Crippen LogP contribution in [0.25, 0.3) is 10.9 Å². The zero-order chi connectivity index (χ0) is 22.1. The molecule has 31 heavy (non-hydrogen) atoms. The summed E-state index contributed by atoms with van der Waals surface area (Å²) in [5, 5.41) is 4.31. The third-order valence-electron chi connectivity index (χ3n) is 5.98. The van der Waals surface area contributed by atoms with Gasteiger partial charge in [-0.3, -0.25) is 0 Å². The fourth-order valence-corrected chi connectivity index (χ4v) is 4.12. The number of hydrogen-bond acceptors (Lipinski definition) is 6. The molecule has 3 aromatic rings. The molecule has 0 radical (unpaired) electrons. The molecule has 2 aromatic heterocycles. The predicted octanol–water partition coefficient (Wildman–Crippen LogP) is 4.50. The lowest BCUT2D eigenvalue weighted by molar-refractivity contribution is 0.150. The first-order valence-corrected chi connectivity index (χ1v) is 10.6. The Labute approximate surface area is 181 Å². The van der Waals surface area contributed by atoms with E-state index in [1.807, 2.05) is 26.0 Å². The summed E-state index contributed by atoms with van der Waals surface area (Å²) in [6.07, 6.45) is -0.706. The molecule has 1 aliphatic rings. The Hall–Kier alpha value is -2.87. The quantitative estimate of drug-likeness (QED) is 0.648. The maximum absolute atomic E-state index is 13.3. The Morgan fingerprint density at radius 2 is 1.74 bits per heavy atom. The number of aromatic nitrogens is 3. The summed E-state index contributed by atoms with van der Waals surface area (Å²) in [4.78, 5) is 18.4. The summed E-state index contributed by atoms with van der Waals surface area (Å²) >= 11 is 0. The van der Waals surface area contributed by atoms with Crippen molar-refractivity contribution in [1.82, 2.24) is 19.9 Å². The van der Waals surface area contributed by atoms with Crippen LogP contribution in [0.3, 0.4) is 0 Å². The molecule has 4 rings (SSSR count). The standard InChI is InChI=1S/C23H28F2N6/c1-14-17(6-5-7-18(14)22(24)25)15(2)27-23-19-12-21(31-10-8-30(4)9-11-31)26-13-20(19)28-16(3)29-23/h5-7,12-13,15,22H,8-11H2,1-4H3,(H,27,28,29)/t15-/m1/s1. The van der Waals surface area contributed by atoms with Crippen LogP contribution in [0.2, 0.25) is 0 Å². The minimum absolute atomic E-state index is 0.0661.